The lowest BCUT2D eigenvalue weighted by Crippen LogP contribution is -2.35. The van der Waals surface area contributed by atoms with E-state index in [-0.39, 0.29) is 21.3 Å². The number of alkyl halides is 1. The maximum Gasteiger partial charge on any atom is 0.185 e. The zero-order chi connectivity index (χ0) is 16.7. The van der Waals surface area contributed by atoms with Crippen molar-refractivity contribution >= 4 is 31.6 Å². The summed E-state index contributed by atoms with van der Waals surface area (Å²) < 4.78 is 38.9. The summed E-state index contributed by atoms with van der Waals surface area (Å²) in [5.41, 5.74) is 0.583. The SMILES string of the molecule is CC1=C(CS(=O)(=O)c2ccccc2F)C(C)(C)CC(Br)C1=O. The molecule has 0 saturated heterocycles. The molecule has 0 spiro atoms. The molecule has 22 heavy (non-hydrogen) atoms. The highest BCUT2D eigenvalue weighted by Gasteiger charge is 2.39. The summed E-state index contributed by atoms with van der Waals surface area (Å²) in [6.45, 7) is 5.45. The molecule has 120 valence electrons. The third kappa shape index (κ3) is 3.18. The molecule has 1 aromatic rings. The number of rotatable bonds is 3. The molecular formula is C16H18BrFO3S. The fraction of sp³-hybridized carbons (Fsp3) is 0.438. The number of ketones is 1. The van der Waals surface area contributed by atoms with E-state index in [1.54, 1.807) is 6.92 Å². The minimum atomic E-state index is -3.84. The van der Waals surface area contributed by atoms with Crippen molar-refractivity contribution in [3.8, 4) is 0 Å². The first-order chi connectivity index (χ1) is 10.1. The molecule has 0 fully saturated rings. The molecule has 0 aromatic heterocycles. The van der Waals surface area contributed by atoms with Crippen LogP contribution in [0.15, 0.2) is 40.3 Å². The smallest absolute Gasteiger partial charge is 0.185 e. The van der Waals surface area contributed by atoms with Gasteiger partial charge in [-0.3, -0.25) is 4.79 Å². The summed E-state index contributed by atoms with van der Waals surface area (Å²) in [7, 11) is -3.84. The van der Waals surface area contributed by atoms with Gasteiger partial charge in [-0.25, -0.2) is 12.8 Å². The molecule has 0 N–H and O–H groups in total. The molecule has 0 heterocycles. The van der Waals surface area contributed by atoms with Gasteiger partial charge in [0.2, 0.25) is 0 Å². The zero-order valence-corrected chi connectivity index (χ0v) is 15.1. The summed E-state index contributed by atoms with van der Waals surface area (Å²) in [6, 6.07) is 5.32. The van der Waals surface area contributed by atoms with Crippen molar-refractivity contribution in [1.82, 2.24) is 0 Å². The van der Waals surface area contributed by atoms with Crippen LogP contribution in [0.3, 0.4) is 0 Å². The Labute approximate surface area is 138 Å². The van der Waals surface area contributed by atoms with Gasteiger partial charge in [-0.15, -0.1) is 0 Å². The summed E-state index contributed by atoms with van der Waals surface area (Å²) in [6.07, 6.45) is 0.519. The maximum absolute atomic E-state index is 13.8. The molecule has 1 atom stereocenters. The van der Waals surface area contributed by atoms with Gasteiger partial charge >= 0.3 is 0 Å². The molecule has 1 aromatic carbocycles. The molecule has 1 aliphatic carbocycles. The highest BCUT2D eigenvalue weighted by molar-refractivity contribution is 9.10. The fourth-order valence-corrected chi connectivity index (χ4v) is 5.77. The number of benzene rings is 1. The molecule has 3 nitrogen and oxygen atoms in total. The molecule has 0 saturated carbocycles. The van der Waals surface area contributed by atoms with Crippen molar-refractivity contribution in [3.63, 3.8) is 0 Å². The first kappa shape index (κ1) is 17.3. The molecule has 1 aliphatic rings. The fourth-order valence-electron chi connectivity index (χ4n) is 2.82. The molecule has 0 amide bonds. The topological polar surface area (TPSA) is 51.2 Å². The van der Waals surface area contributed by atoms with Crippen LogP contribution in [0.1, 0.15) is 27.2 Å². The van der Waals surface area contributed by atoms with E-state index in [4.69, 9.17) is 0 Å². The van der Waals surface area contributed by atoms with Crippen molar-refractivity contribution in [2.24, 2.45) is 5.41 Å². The van der Waals surface area contributed by atoms with Crippen LogP contribution in [-0.2, 0) is 14.6 Å². The van der Waals surface area contributed by atoms with Crippen LogP contribution in [-0.4, -0.2) is 24.8 Å². The third-order valence-electron chi connectivity index (χ3n) is 4.12. The van der Waals surface area contributed by atoms with Gasteiger partial charge in [-0.2, -0.15) is 0 Å². The maximum atomic E-state index is 13.8. The van der Waals surface area contributed by atoms with Gasteiger partial charge in [0, 0.05) is 0 Å². The second kappa shape index (κ2) is 5.89. The molecule has 6 heteroatoms. The van der Waals surface area contributed by atoms with Gasteiger partial charge in [0.25, 0.3) is 0 Å². The lowest BCUT2D eigenvalue weighted by molar-refractivity contribution is -0.116. The minimum absolute atomic E-state index is 0.0990. The first-order valence-electron chi connectivity index (χ1n) is 6.92. The minimum Gasteiger partial charge on any atom is -0.293 e. The van der Waals surface area contributed by atoms with E-state index in [2.05, 4.69) is 15.9 Å². The normalized spacial score (nSPS) is 22.0. The predicted octanol–water partition coefficient (Wildman–Crippen LogP) is 3.68. The van der Waals surface area contributed by atoms with E-state index in [0.717, 1.165) is 6.07 Å². The zero-order valence-electron chi connectivity index (χ0n) is 12.7. The van der Waals surface area contributed by atoms with E-state index < -0.39 is 21.1 Å². The van der Waals surface area contributed by atoms with Gasteiger partial charge in [-0.1, -0.05) is 41.9 Å². The van der Waals surface area contributed by atoms with Gasteiger partial charge < -0.3 is 0 Å². The first-order valence-corrected chi connectivity index (χ1v) is 9.49. The number of sulfone groups is 1. The van der Waals surface area contributed by atoms with Crippen LogP contribution < -0.4 is 0 Å². The van der Waals surface area contributed by atoms with Crippen LogP contribution in [0.25, 0.3) is 0 Å². The Kier molecular flexibility index (Phi) is 4.64. The number of hydrogen-bond acceptors (Lipinski definition) is 3. The molecule has 2 rings (SSSR count). The Morgan fingerprint density at radius 2 is 1.91 bits per heavy atom. The average Bonchev–Trinajstić information content (AvgIpc) is 2.41. The third-order valence-corrected chi connectivity index (χ3v) is 6.53. The monoisotopic (exact) mass is 388 g/mol. The van der Waals surface area contributed by atoms with Crippen molar-refractivity contribution in [1.29, 1.82) is 0 Å². The highest BCUT2D eigenvalue weighted by Crippen LogP contribution is 2.42. The van der Waals surface area contributed by atoms with E-state index in [9.17, 15) is 17.6 Å². The molecule has 0 bridgehead atoms. The number of halogens is 2. The number of allylic oxidation sites excluding steroid dienone is 1. The second-order valence-electron chi connectivity index (χ2n) is 6.21. The van der Waals surface area contributed by atoms with Crippen molar-refractivity contribution in [2.45, 2.75) is 36.9 Å². The number of carbonyl (C=O) groups is 1. The quantitative estimate of drug-likeness (QED) is 0.742. The summed E-state index contributed by atoms with van der Waals surface area (Å²) in [4.78, 5) is 11.5. The Morgan fingerprint density at radius 1 is 1.32 bits per heavy atom. The average molecular weight is 389 g/mol. The van der Waals surface area contributed by atoms with Crippen LogP contribution in [0.5, 0.6) is 0 Å². The van der Waals surface area contributed by atoms with Gasteiger partial charge in [0.15, 0.2) is 15.6 Å². The van der Waals surface area contributed by atoms with Crippen molar-refractivity contribution in [2.75, 3.05) is 5.75 Å². The number of carbonyl (C=O) groups excluding carboxylic acids is 1. The lowest BCUT2D eigenvalue weighted by Gasteiger charge is -2.36. The summed E-state index contributed by atoms with van der Waals surface area (Å²) in [5, 5.41) is 0. The summed E-state index contributed by atoms with van der Waals surface area (Å²) in [5.74, 6) is -1.20. The number of Topliss-reactive ketones (excluding diaryl/α,β-unsaturated/α-hetero) is 1. The van der Waals surface area contributed by atoms with Gasteiger partial charge in [0.05, 0.1) is 10.6 Å². The van der Waals surface area contributed by atoms with E-state index in [1.165, 1.54) is 18.2 Å². The standard InChI is InChI=1S/C16H18BrFO3S/c1-10-11(16(2,3)8-12(17)15(10)19)9-22(20,21)14-7-5-4-6-13(14)18/h4-7,12H,8-9H2,1-3H3. The van der Waals surface area contributed by atoms with Gasteiger partial charge in [-0.05, 0) is 42.0 Å². The second-order valence-corrected chi connectivity index (χ2v) is 9.28. The van der Waals surface area contributed by atoms with Crippen LogP contribution in [0, 0.1) is 11.2 Å². The molecule has 0 aliphatic heterocycles. The van der Waals surface area contributed by atoms with E-state index in [0.29, 0.717) is 17.6 Å². The largest absolute Gasteiger partial charge is 0.293 e. The van der Waals surface area contributed by atoms with Crippen molar-refractivity contribution in [3.05, 3.63) is 41.2 Å². The van der Waals surface area contributed by atoms with Crippen LogP contribution in [0.2, 0.25) is 0 Å². The van der Waals surface area contributed by atoms with Crippen LogP contribution in [0.4, 0.5) is 4.39 Å². The van der Waals surface area contributed by atoms with E-state index in [1.807, 2.05) is 13.8 Å². The molecule has 0 radical (unpaired) electrons. The summed E-state index contributed by atoms with van der Waals surface area (Å²) >= 11 is 3.34. The van der Waals surface area contributed by atoms with Gasteiger partial charge in [0.1, 0.15) is 10.7 Å². The lowest BCUT2D eigenvalue weighted by atomic mass is 9.73. The highest BCUT2D eigenvalue weighted by atomic mass is 79.9. The Bertz CT molecular complexity index is 750. The van der Waals surface area contributed by atoms with Crippen molar-refractivity contribution < 1.29 is 17.6 Å². The Balaban J connectivity index is 2.49. The molecular weight excluding hydrogens is 371 g/mol. The molecule has 1 unspecified atom stereocenters. The van der Waals surface area contributed by atoms with E-state index >= 15 is 0 Å². The Hall–Kier alpha value is -1.01. The Morgan fingerprint density at radius 3 is 2.50 bits per heavy atom. The number of hydrogen-bond donors (Lipinski definition) is 0. The van der Waals surface area contributed by atoms with Crippen LogP contribution >= 0.6 is 15.9 Å². The predicted molar refractivity (Wildman–Crippen MR) is 87.3 cm³/mol.